The van der Waals surface area contributed by atoms with Crippen molar-refractivity contribution in [2.75, 3.05) is 6.26 Å². The monoisotopic (exact) mass is 312 g/mol. The van der Waals surface area contributed by atoms with Crippen molar-refractivity contribution in [2.24, 2.45) is 0 Å². The number of H-pyrrole nitrogens is 1. The SMILES string of the molecule is Cc1cc(-c2nccc3[nH]nc(C#N)c23)ccc1S(C)(=O)=O. The average Bonchev–Trinajstić information content (AvgIpc) is 2.88. The minimum Gasteiger partial charge on any atom is -0.276 e. The van der Waals surface area contributed by atoms with Crippen molar-refractivity contribution >= 4 is 20.7 Å². The number of aromatic nitrogens is 3. The number of nitriles is 1. The van der Waals surface area contributed by atoms with Gasteiger partial charge in [-0.25, -0.2) is 8.42 Å². The number of hydrogen-bond donors (Lipinski definition) is 1. The second-order valence-corrected chi connectivity index (χ2v) is 7.00. The second-order valence-electron chi connectivity index (χ2n) is 5.02. The fourth-order valence-electron chi connectivity index (χ4n) is 2.48. The van der Waals surface area contributed by atoms with E-state index in [1.165, 1.54) is 6.26 Å². The summed E-state index contributed by atoms with van der Waals surface area (Å²) in [5, 5.41) is 16.5. The van der Waals surface area contributed by atoms with Crippen LogP contribution in [-0.4, -0.2) is 29.9 Å². The van der Waals surface area contributed by atoms with Gasteiger partial charge in [0.05, 0.1) is 21.5 Å². The minimum absolute atomic E-state index is 0.267. The number of pyridine rings is 1. The molecule has 0 amide bonds. The summed E-state index contributed by atoms with van der Waals surface area (Å²) in [6, 6.07) is 8.78. The lowest BCUT2D eigenvalue weighted by atomic mass is 10.0. The molecule has 0 aliphatic rings. The Hall–Kier alpha value is -2.72. The summed E-state index contributed by atoms with van der Waals surface area (Å²) in [5.74, 6) is 0. The van der Waals surface area contributed by atoms with E-state index in [4.69, 9.17) is 5.26 Å². The highest BCUT2D eigenvalue weighted by molar-refractivity contribution is 7.90. The Morgan fingerprint density at radius 1 is 1.27 bits per heavy atom. The van der Waals surface area contributed by atoms with Gasteiger partial charge in [0.2, 0.25) is 0 Å². The number of rotatable bonds is 2. The number of fused-ring (bicyclic) bond motifs is 1. The van der Waals surface area contributed by atoms with Crippen LogP contribution in [0.3, 0.4) is 0 Å². The fourth-order valence-corrected chi connectivity index (χ4v) is 3.44. The molecule has 2 aromatic heterocycles. The van der Waals surface area contributed by atoms with Crippen LogP contribution in [-0.2, 0) is 9.84 Å². The number of hydrogen-bond acceptors (Lipinski definition) is 5. The van der Waals surface area contributed by atoms with E-state index in [-0.39, 0.29) is 10.6 Å². The molecule has 0 fully saturated rings. The lowest BCUT2D eigenvalue weighted by Gasteiger charge is -2.07. The fraction of sp³-hybridized carbons (Fsp3) is 0.133. The molecular formula is C15H12N4O2S. The van der Waals surface area contributed by atoms with Crippen molar-refractivity contribution in [3.8, 4) is 17.3 Å². The topological polar surface area (TPSA) is 99.5 Å². The molecule has 0 saturated carbocycles. The highest BCUT2D eigenvalue weighted by Gasteiger charge is 2.16. The normalized spacial score (nSPS) is 11.5. The smallest absolute Gasteiger partial charge is 0.175 e. The largest absolute Gasteiger partial charge is 0.276 e. The number of nitrogens with zero attached hydrogens (tertiary/aromatic N) is 3. The Balaban J connectivity index is 2.27. The van der Waals surface area contributed by atoms with E-state index in [9.17, 15) is 8.42 Å². The lowest BCUT2D eigenvalue weighted by molar-refractivity contribution is 0.601. The first kappa shape index (κ1) is 14.2. The van der Waals surface area contributed by atoms with Crippen LogP contribution in [0, 0.1) is 18.3 Å². The number of aryl methyl sites for hydroxylation is 1. The summed E-state index contributed by atoms with van der Waals surface area (Å²) in [6.07, 6.45) is 2.80. The zero-order valence-corrected chi connectivity index (χ0v) is 12.8. The molecule has 0 bridgehead atoms. The summed E-state index contributed by atoms with van der Waals surface area (Å²) in [4.78, 5) is 4.62. The average molecular weight is 312 g/mol. The molecular weight excluding hydrogens is 300 g/mol. The van der Waals surface area contributed by atoms with Gasteiger partial charge >= 0.3 is 0 Å². The Bertz CT molecular complexity index is 1030. The van der Waals surface area contributed by atoms with Crippen LogP contribution in [0.5, 0.6) is 0 Å². The summed E-state index contributed by atoms with van der Waals surface area (Å²) in [6.45, 7) is 1.74. The predicted molar refractivity (Wildman–Crippen MR) is 81.9 cm³/mol. The van der Waals surface area contributed by atoms with Gasteiger partial charge in [0, 0.05) is 18.0 Å². The molecule has 3 rings (SSSR count). The van der Waals surface area contributed by atoms with Crippen LogP contribution in [0.25, 0.3) is 22.2 Å². The van der Waals surface area contributed by atoms with Gasteiger partial charge in [-0.3, -0.25) is 10.1 Å². The van der Waals surface area contributed by atoms with E-state index in [2.05, 4.69) is 15.2 Å². The van der Waals surface area contributed by atoms with Crippen LogP contribution in [0.2, 0.25) is 0 Å². The molecule has 22 heavy (non-hydrogen) atoms. The molecule has 1 N–H and O–H groups in total. The number of aromatic amines is 1. The van der Waals surface area contributed by atoms with E-state index < -0.39 is 9.84 Å². The molecule has 0 radical (unpaired) electrons. The van der Waals surface area contributed by atoms with Gasteiger partial charge in [0.1, 0.15) is 6.07 Å². The van der Waals surface area contributed by atoms with Crippen molar-refractivity contribution < 1.29 is 8.42 Å². The summed E-state index contributed by atoms with van der Waals surface area (Å²) in [7, 11) is -3.27. The Morgan fingerprint density at radius 2 is 2.05 bits per heavy atom. The van der Waals surface area contributed by atoms with Crippen molar-refractivity contribution in [1.82, 2.24) is 15.2 Å². The maximum Gasteiger partial charge on any atom is 0.175 e. The van der Waals surface area contributed by atoms with E-state index >= 15 is 0 Å². The highest BCUT2D eigenvalue weighted by Crippen LogP contribution is 2.29. The van der Waals surface area contributed by atoms with Crippen molar-refractivity contribution in [3.63, 3.8) is 0 Å². The van der Waals surface area contributed by atoms with Gasteiger partial charge < -0.3 is 0 Å². The third-order valence-electron chi connectivity index (χ3n) is 3.43. The molecule has 7 heteroatoms. The summed E-state index contributed by atoms with van der Waals surface area (Å²) >= 11 is 0. The van der Waals surface area contributed by atoms with E-state index in [1.807, 2.05) is 6.07 Å². The molecule has 6 nitrogen and oxygen atoms in total. The maximum absolute atomic E-state index is 11.7. The number of benzene rings is 1. The van der Waals surface area contributed by atoms with Gasteiger partial charge in [-0.1, -0.05) is 6.07 Å². The van der Waals surface area contributed by atoms with Gasteiger partial charge in [0.25, 0.3) is 0 Å². The number of nitrogens with one attached hydrogen (secondary N) is 1. The second kappa shape index (κ2) is 4.93. The third-order valence-corrected chi connectivity index (χ3v) is 4.69. The van der Waals surface area contributed by atoms with Crippen molar-refractivity contribution in [1.29, 1.82) is 5.26 Å². The first-order chi connectivity index (χ1) is 10.4. The quantitative estimate of drug-likeness (QED) is 0.782. The standard InChI is InChI=1S/C15H12N4O2S/c1-9-7-10(3-4-13(9)22(2,20)21)15-14-11(5-6-17-15)18-19-12(14)8-16/h3-7H,1-2H3,(H,18,19). The van der Waals surface area contributed by atoms with Crippen molar-refractivity contribution in [2.45, 2.75) is 11.8 Å². The molecule has 2 heterocycles. The summed E-state index contributed by atoms with van der Waals surface area (Å²) in [5.41, 5.74) is 2.97. The molecule has 0 unspecified atom stereocenters. The first-order valence-electron chi connectivity index (χ1n) is 6.46. The molecule has 110 valence electrons. The third kappa shape index (κ3) is 2.23. The van der Waals surface area contributed by atoms with Gasteiger partial charge in [-0.2, -0.15) is 10.4 Å². The predicted octanol–water partition coefficient (Wildman–Crippen LogP) is 2.21. The van der Waals surface area contributed by atoms with E-state index in [1.54, 1.807) is 37.4 Å². The van der Waals surface area contributed by atoms with Crippen LogP contribution in [0.1, 0.15) is 11.3 Å². The summed E-state index contributed by atoms with van der Waals surface area (Å²) < 4.78 is 23.4. The molecule has 1 aromatic carbocycles. The lowest BCUT2D eigenvalue weighted by Crippen LogP contribution is -2.00. The van der Waals surface area contributed by atoms with Gasteiger partial charge in [0.15, 0.2) is 15.5 Å². The maximum atomic E-state index is 11.7. The van der Waals surface area contributed by atoms with Crippen LogP contribution in [0.4, 0.5) is 0 Å². The van der Waals surface area contributed by atoms with Crippen LogP contribution >= 0.6 is 0 Å². The minimum atomic E-state index is -3.27. The van der Waals surface area contributed by atoms with Crippen LogP contribution < -0.4 is 0 Å². The Morgan fingerprint density at radius 3 is 2.68 bits per heavy atom. The molecule has 0 aliphatic heterocycles. The van der Waals surface area contributed by atoms with Gasteiger partial charge in [-0.05, 0) is 30.7 Å². The number of sulfone groups is 1. The molecule has 0 spiro atoms. The molecule has 3 aromatic rings. The van der Waals surface area contributed by atoms with Crippen molar-refractivity contribution in [3.05, 3.63) is 41.7 Å². The Kier molecular flexibility index (Phi) is 3.19. The molecule has 0 atom stereocenters. The zero-order chi connectivity index (χ0) is 15.9. The Labute approximate surface area is 127 Å². The van der Waals surface area contributed by atoms with E-state index in [0.717, 1.165) is 5.56 Å². The highest BCUT2D eigenvalue weighted by atomic mass is 32.2. The molecule has 0 aliphatic carbocycles. The van der Waals surface area contributed by atoms with Crippen LogP contribution in [0.15, 0.2) is 35.4 Å². The molecule has 0 saturated heterocycles. The zero-order valence-electron chi connectivity index (χ0n) is 12.0. The van der Waals surface area contributed by atoms with E-state index in [0.29, 0.717) is 22.2 Å². The first-order valence-corrected chi connectivity index (χ1v) is 8.35. The van der Waals surface area contributed by atoms with Gasteiger partial charge in [-0.15, -0.1) is 0 Å².